The molecule has 1 aromatic heterocycles. The smallest absolute Gasteiger partial charge is 0.234 e. The number of aromatic nitrogens is 1. The van der Waals surface area contributed by atoms with Gasteiger partial charge in [0, 0.05) is 12.1 Å². The van der Waals surface area contributed by atoms with Gasteiger partial charge in [-0.1, -0.05) is 19.0 Å². The van der Waals surface area contributed by atoms with E-state index in [0.717, 1.165) is 24.3 Å². The predicted octanol–water partition coefficient (Wildman–Crippen LogP) is 1.38. The largest absolute Gasteiger partial charge is 0.360 e. The molecule has 0 saturated heterocycles. The van der Waals surface area contributed by atoms with Gasteiger partial charge in [0.2, 0.25) is 5.91 Å². The molecule has 0 spiro atoms. The minimum atomic E-state index is 0.0231. The van der Waals surface area contributed by atoms with Crippen LogP contribution in [0.3, 0.4) is 0 Å². The Kier molecular flexibility index (Phi) is 5.69. The van der Waals surface area contributed by atoms with Crippen LogP contribution in [0.5, 0.6) is 0 Å². The van der Waals surface area contributed by atoms with Crippen LogP contribution in [0.15, 0.2) is 10.6 Å². The molecule has 0 aliphatic rings. The second-order valence-corrected chi connectivity index (χ2v) is 4.12. The summed E-state index contributed by atoms with van der Waals surface area (Å²) in [6, 6.07) is 2.13. The van der Waals surface area contributed by atoms with Crippen LogP contribution in [0, 0.1) is 6.92 Å². The average Bonchev–Trinajstić information content (AvgIpc) is 2.72. The molecule has 5 heteroatoms. The molecule has 0 atom stereocenters. The summed E-state index contributed by atoms with van der Waals surface area (Å²) >= 11 is 0. The first-order valence-electron chi connectivity index (χ1n) is 6.08. The van der Waals surface area contributed by atoms with E-state index in [-0.39, 0.29) is 11.9 Å². The van der Waals surface area contributed by atoms with Crippen LogP contribution in [0.4, 0.5) is 0 Å². The third kappa shape index (κ3) is 4.99. The molecule has 17 heavy (non-hydrogen) atoms. The molecule has 0 aromatic carbocycles. The van der Waals surface area contributed by atoms with Crippen molar-refractivity contribution in [1.82, 2.24) is 15.8 Å². The normalized spacial score (nSPS) is 10.8. The maximum absolute atomic E-state index is 11.5. The van der Waals surface area contributed by atoms with E-state index in [1.54, 1.807) is 0 Å². The Labute approximate surface area is 102 Å². The molecule has 2 N–H and O–H groups in total. The fourth-order valence-corrected chi connectivity index (χ4v) is 1.57. The van der Waals surface area contributed by atoms with Gasteiger partial charge in [-0.15, -0.1) is 0 Å². The summed E-state index contributed by atoms with van der Waals surface area (Å²) < 4.78 is 5.03. The maximum atomic E-state index is 11.5. The Hall–Kier alpha value is -1.36. The van der Waals surface area contributed by atoms with Crippen LogP contribution in [0.25, 0.3) is 0 Å². The number of nitrogens with one attached hydrogen (secondary N) is 2. The van der Waals surface area contributed by atoms with Gasteiger partial charge in [0.05, 0.1) is 18.8 Å². The van der Waals surface area contributed by atoms with E-state index in [0.29, 0.717) is 13.1 Å². The van der Waals surface area contributed by atoms with E-state index < -0.39 is 0 Å². The summed E-state index contributed by atoms with van der Waals surface area (Å²) in [6.45, 7) is 6.83. The molecule has 1 rings (SSSR count). The second-order valence-electron chi connectivity index (χ2n) is 4.12. The Morgan fingerprint density at radius 2 is 2.18 bits per heavy atom. The van der Waals surface area contributed by atoms with Gasteiger partial charge in [-0.05, 0) is 19.8 Å². The van der Waals surface area contributed by atoms with Gasteiger partial charge in [-0.2, -0.15) is 0 Å². The lowest BCUT2D eigenvalue weighted by Crippen LogP contribution is -2.39. The number of rotatable bonds is 7. The molecular formula is C12H21N3O2. The maximum Gasteiger partial charge on any atom is 0.234 e. The first-order valence-corrected chi connectivity index (χ1v) is 6.08. The summed E-state index contributed by atoms with van der Waals surface area (Å²) in [5, 5.41) is 9.76. The van der Waals surface area contributed by atoms with Gasteiger partial charge in [0.25, 0.3) is 0 Å². The molecule has 0 saturated carbocycles. The fraction of sp³-hybridized carbons (Fsp3) is 0.667. The van der Waals surface area contributed by atoms with Crippen molar-refractivity contribution < 1.29 is 9.32 Å². The monoisotopic (exact) mass is 239 g/mol. The van der Waals surface area contributed by atoms with E-state index >= 15 is 0 Å². The van der Waals surface area contributed by atoms with Crippen molar-refractivity contribution in [2.24, 2.45) is 0 Å². The molecule has 96 valence electrons. The zero-order valence-electron chi connectivity index (χ0n) is 10.7. The highest BCUT2D eigenvalue weighted by Gasteiger charge is 2.08. The summed E-state index contributed by atoms with van der Waals surface area (Å²) in [4.78, 5) is 11.5. The van der Waals surface area contributed by atoms with Crippen LogP contribution in [0.1, 0.15) is 38.1 Å². The summed E-state index contributed by atoms with van der Waals surface area (Å²) in [7, 11) is 0. The van der Waals surface area contributed by atoms with E-state index in [9.17, 15) is 4.79 Å². The average molecular weight is 239 g/mol. The Balaban J connectivity index is 2.20. The number of hydrogen-bond donors (Lipinski definition) is 2. The highest BCUT2D eigenvalue weighted by atomic mass is 16.5. The lowest BCUT2D eigenvalue weighted by molar-refractivity contribution is -0.121. The van der Waals surface area contributed by atoms with E-state index in [1.165, 1.54) is 0 Å². The van der Waals surface area contributed by atoms with Gasteiger partial charge in [-0.25, -0.2) is 0 Å². The molecule has 0 radical (unpaired) electrons. The quantitative estimate of drug-likeness (QED) is 0.754. The lowest BCUT2D eigenvalue weighted by atomic mass is 10.2. The number of hydrogen-bond acceptors (Lipinski definition) is 4. The van der Waals surface area contributed by atoms with E-state index in [1.807, 2.05) is 13.0 Å². The highest BCUT2D eigenvalue weighted by molar-refractivity contribution is 5.78. The third-order valence-corrected chi connectivity index (χ3v) is 2.61. The molecule has 0 unspecified atom stereocenters. The summed E-state index contributed by atoms with van der Waals surface area (Å²) in [5.74, 6) is 0.771. The van der Waals surface area contributed by atoms with Crippen molar-refractivity contribution >= 4 is 5.91 Å². The molecule has 0 bridgehead atoms. The van der Waals surface area contributed by atoms with Crippen molar-refractivity contribution in [1.29, 1.82) is 0 Å². The fourth-order valence-electron chi connectivity index (χ4n) is 1.57. The van der Waals surface area contributed by atoms with Gasteiger partial charge < -0.3 is 15.2 Å². The molecule has 0 aliphatic carbocycles. The first-order chi connectivity index (χ1) is 8.15. The van der Waals surface area contributed by atoms with E-state index in [2.05, 4.69) is 29.6 Å². The minimum Gasteiger partial charge on any atom is -0.360 e. The lowest BCUT2D eigenvalue weighted by Gasteiger charge is -2.14. The molecule has 5 nitrogen and oxygen atoms in total. The Bertz CT molecular complexity index is 345. The number of carbonyl (C=O) groups excluding carboxylic acids is 1. The van der Waals surface area contributed by atoms with Crippen molar-refractivity contribution in [3.63, 3.8) is 0 Å². The second kappa shape index (κ2) is 7.06. The molecule has 1 heterocycles. The van der Waals surface area contributed by atoms with Gasteiger partial charge >= 0.3 is 0 Å². The van der Waals surface area contributed by atoms with Crippen LogP contribution in [-0.2, 0) is 11.3 Å². The van der Waals surface area contributed by atoms with Crippen LogP contribution >= 0.6 is 0 Å². The zero-order chi connectivity index (χ0) is 12.7. The zero-order valence-corrected chi connectivity index (χ0v) is 10.7. The van der Waals surface area contributed by atoms with Crippen molar-refractivity contribution in [2.45, 2.75) is 46.2 Å². The van der Waals surface area contributed by atoms with Gasteiger partial charge in [0.1, 0.15) is 0 Å². The number of amides is 1. The Morgan fingerprint density at radius 3 is 2.71 bits per heavy atom. The molecular weight excluding hydrogens is 218 g/mol. The van der Waals surface area contributed by atoms with Crippen molar-refractivity contribution in [2.75, 3.05) is 6.54 Å². The van der Waals surface area contributed by atoms with Crippen molar-refractivity contribution in [3.05, 3.63) is 17.5 Å². The van der Waals surface area contributed by atoms with Crippen LogP contribution < -0.4 is 10.6 Å². The molecule has 0 aliphatic heterocycles. The SMILES string of the molecule is CCC(CC)NC(=O)CNCc1cc(C)no1. The topological polar surface area (TPSA) is 67.2 Å². The number of nitrogens with zero attached hydrogens (tertiary/aromatic N) is 1. The van der Waals surface area contributed by atoms with Crippen molar-refractivity contribution in [3.8, 4) is 0 Å². The molecule has 1 amide bonds. The third-order valence-electron chi connectivity index (χ3n) is 2.61. The predicted molar refractivity (Wildman–Crippen MR) is 65.5 cm³/mol. The van der Waals surface area contributed by atoms with Gasteiger partial charge in [0.15, 0.2) is 5.76 Å². The Morgan fingerprint density at radius 1 is 1.47 bits per heavy atom. The number of carbonyl (C=O) groups is 1. The first kappa shape index (κ1) is 13.7. The summed E-state index contributed by atoms with van der Waals surface area (Å²) in [6.07, 6.45) is 1.92. The summed E-state index contributed by atoms with van der Waals surface area (Å²) in [5.41, 5.74) is 0.850. The standard InChI is InChI=1S/C12H21N3O2/c1-4-10(5-2)14-12(16)8-13-7-11-6-9(3)15-17-11/h6,10,13H,4-5,7-8H2,1-3H3,(H,14,16). The van der Waals surface area contributed by atoms with E-state index in [4.69, 9.17) is 4.52 Å². The van der Waals surface area contributed by atoms with Crippen LogP contribution in [0.2, 0.25) is 0 Å². The molecule has 0 fully saturated rings. The van der Waals surface area contributed by atoms with Crippen LogP contribution in [-0.4, -0.2) is 23.7 Å². The number of aryl methyl sites for hydroxylation is 1. The van der Waals surface area contributed by atoms with Gasteiger partial charge in [-0.3, -0.25) is 4.79 Å². The molecule has 1 aromatic rings. The minimum absolute atomic E-state index is 0.0231. The highest BCUT2D eigenvalue weighted by Crippen LogP contribution is 2.00.